The van der Waals surface area contributed by atoms with Gasteiger partial charge >= 0.3 is 0 Å². The molecule has 0 radical (unpaired) electrons. The number of para-hydroxylation sites is 1. The Bertz CT molecular complexity index is 1000. The number of pyridine rings is 1. The van der Waals surface area contributed by atoms with Crippen LogP contribution in [0.4, 0.5) is 17.1 Å². The molecule has 0 bridgehead atoms. The summed E-state index contributed by atoms with van der Waals surface area (Å²) in [5.41, 5.74) is 3.94. The van der Waals surface area contributed by atoms with Crippen LogP contribution in [0.2, 0.25) is 0 Å². The van der Waals surface area contributed by atoms with Crippen molar-refractivity contribution in [3.8, 4) is 11.5 Å². The van der Waals surface area contributed by atoms with Crippen LogP contribution in [0.3, 0.4) is 0 Å². The largest absolute Gasteiger partial charge is 0.486 e. The highest BCUT2D eigenvalue weighted by atomic mass is 16.6. The third-order valence-electron chi connectivity index (χ3n) is 4.48. The Morgan fingerprint density at radius 2 is 1.82 bits per heavy atom. The zero-order valence-corrected chi connectivity index (χ0v) is 15.6. The molecule has 3 aromatic rings. The summed E-state index contributed by atoms with van der Waals surface area (Å²) < 4.78 is 11.1. The molecule has 1 aliphatic rings. The molecule has 0 unspecified atom stereocenters. The predicted octanol–water partition coefficient (Wildman–Crippen LogP) is 4.41. The van der Waals surface area contributed by atoms with Crippen molar-refractivity contribution in [2.45, 2.75) is 13.3 Å². The average Bonchev–Trinajstić information content (AvgIpc) is 2.74. The number of benzene rings is 2. The third kappa shape index (κ3) is 3.91. The molecule has 1 aromatic heterocycles. The van der Waals surface area contributed by atoms with Gasteiger partial charge in [-0.05, 0) is 36.2 Å². The van der Waals surface area contributed by atoms with E-state index in [0.717, 1.165) is 29.1 Å². The number of hydrogen-bond acceptors (Lipinski definition) is 5. The van der Waals surface area contributed by atoms with Gasteiger partial charge in [0.15, 0.2) is 11.5 Å². The van der Waals surface area contributed by atoms with Crippen molar-refractivity contribution in [1.82, 2.24) is 4.98 Å². The van der Waals surface area contributed by atoms with Crippen LogP contribution >= 0.6 is 0 Å². The molecule has 0 fully saturated rings. The van der Waals surface area contributed by atoms with Gasteiger partial charge in [0.25, 0.3) is 5.91 Å². The van der Waals surface area contributed by atoms with E-state index in [9.17, 15) is 4.79 Å². The van der Waals surface area contributed by atoms with Crippen LogP contribution in [0.5, 0.6) is 11.5 Å². The van der Waals surface area contributed by atoms with Crippen LogP contribution in [0.15, 0.2) is 60.9 Å². The molecule has 4 rings (SSSR count). The second kappa shape index (κ2) is 8.00. The minimum atomic E-state index is -0.195. The van der Waals surface area contributed by atoms with Gasteiger partial charge in [0.2, 0.25) is 0 Å². The second-order valence-corrected chi connectivity index (χ2v) is 6.41. The van der Waals surface area contributed by atoms with Gasteiger partial charge < -0.3 is 20.1 Å². The van der Waals surface area contributed by atoms with E-state index in [-0.39, 0.29) is 5.91 Å². The van der Waals surface area contributed by atoms with Gasteiger partial charge in [0, 0.05) is 23.6 Å². The summed E-state index contributed by atoms with van der Waals surface area (Å²) in [5, 5.41) is 6.22. The van der Waals surface area contributed by atoms with E-state index in [1.54, 1.807) is 18.5 Å². The summed E-state index contributed by atoms with van der Waals surface area (Å²) in [5.74, 6) is 1.24. The highest BCUT2D eigenvalue weighted by Gasteiger charge is 2.13. The second-order valence-electron chi connectivity index (χ2n) is 6.41. The predicted molar refractivity (Wildman–Crippen MR) is 109 cm³/mol. The number of aromatic nitrogens is 1. The van der Waals surface area contributed by atoms with Crippen LogP contribution in [0, 0.1) is 0 Å². The molecule has 142 valence electrons. The zero-order valence-electron chi connectivity index (χ0n) is 15.6. The maximum absolute atomic E-state index is 12.7. The summed E-state index contributed by atoms with van der Waals surface area (Å²) in [7, 11) is 0. The van der Waals surface area contributed by atoms with Crippen LogP contribution in [0.1, 0.15) is 22.8 Å². The lowest BCUT2D eigenvalue weighted by atomic mass is 10.1. The van der Waals surface area contributed by atoms with E-state index in [0.29, 0.717) is 30.2 Å². The summed E-state index contributed by atoms with van der Waals surface area (Å²) in [4.78, 5) is 16.9. The van der Waals surface area contributed by atoms with E-state index in [2.05, 4.69) is 22.5 Å². The summed E-state index contributed by atoms with van der Waals surface area (Å²) in [6.07, 6.45) is 4.08. The molecule has 0 aliphatic carbocycles. The number of fused-ring (bicyclic) bond motifs is 1. The first-order chi connectivity index (χ1) is 13.7. The van der Waals surface area contributed by atoms with E-state index >= 15 is 0 Å². The lowest BCUT2D eigenvalue weighted by Crippen LogP contribution is -2.15. The monoisotopic (exact) mass is 375 g/mol. The Balaban J connectivity index is 1.50. The maximum atomic E-state index is 12.7. The highest BCUT2D eigenvalue weighted by Crippen LogP contribution is 2.33. The lowest BCUT2D eigenvalue weighted by Gasteiger charge is -2.19. The minimum Gasteiger partial charge on any atom is -0.486 e. The molecule has 6 nitrogen and oxygen atoms in total. The van der Waals surface area contributed by atoms with E-state index < -0.39 is 0 Å². The Hall–Kier alpha value is -3.54. The number of ether oxygens (including phenoxy) is 2. The standard InChI is InChI=1S/C22H21N3O3/c1-2-15-5-3-4-6-19(15)25-22(26)16-11-18(14-23-13-16)24-17-7-8-20-21(12-17)28-10-9-27-20/h3-8,11-14,24H,2,9-10H2,1H3,(H,25,26). The molecular formula is C22H21N3O3. The molecule has 0 spiro atoms. The van der Waals surface area contributed by atoms with Gasteiger partial charge in [0.05, 0.1) is 17.4 Å². The number of nitrogens with one attached hydrogen (secondary N) is 2. The van der Waals surface area contributed by atoms with Crippen LogP contribution < -0.4 is 20.1 Å². The normalized spacial score (nSPS) is 12.3. The number of aryl methyl sites for hydroxylation is 1. The summed E-state index contributed by atoms with van der Waals surface area (Å²) in [6, 6.07) is 15.2. The summed E-state index contributed by atoms with van der Waals surface area (Å²) >= 11 is 0. The Labute approximate surface area is 163 Å². The van der Waals surface area contributed by atoms with Gasteiger partial charge in [-0.15, -0.1) is 0 Å². The molecule has 2 N–H and O–H groups in total. The van der Waals surface area contributed by atoms with Crippen LogP contribution in [0.25, 0.3) is 0 Å². The number of rotatable bonds is 5. The molecule has 0 saturated heterocycles. The number of anilines is 3. The Morgan fingerprint density at radius 3 is 2.68 bits per heavy atom. The van der Waals surface area contributed by atoms with Crippen molar-refractivity contribution in [2.24, 2.45) is 0 Å². The number of carbonyl (C=O) groups excluding carboxylic acids is 1. The van der Waals surface area contributed by atoms with Crippen molar-refractivity contribution in [1.29, 1.82) is 0 Å². The van der Waals surface area contributed by atoms with Gasteiger partial charge in [-0.1, -0.05) is 25.1 Å². The molecule has 1 amide bonds. The number of amides is 1. The van der Waals surface area contributed by atoms with Crippen molar-refractivity contribution in [2.75, 3.05) is 23.8 Å². The molecule has 0 atom stereocenters. The first-order valence-corrected chi connectivity index (χ1v) is 9.24. The minimum absolute atomic E-state index is 0.195. The molecule has 2 heterocycles. The third-order valence-corrected chi connectivity index (χ3v) is 4.48. The molecular weight excluding hydrogens is 354 g/mol. The Kier molecular flexibility index (Phi) is 5.10. The fourth-order valence-electron chi connectivity index (χ4n) is 3.07. The van der Waals surface area contributed by atoms with Gasteiger partial charge in [-0.3, -0.25) is 9.78 Å². The number of carbonyl (C=O) groups is 1. The molecule has 2 aromatic carbocycles. The van der Waals surface area contributed by atoms with Crippen molar-refractivity contribution in [3.05, 3.63) is 72.1 Å². The quantitative estimate of drug-likeness (QED) is 0.691. The fourth-order valence-corrected chi connectivity index (χ4v) is 3.07. The summed E-state index contributed by atoms with van der Waals surface area (Å²) in [6.45, 7) is 3.15. The molecule has 1 aliphatic heterocycles. The van der Waals surface area contributed by atoms with Crippen molar-refractivity contribution >= 4 is 23.0 Å². The fraction of sp³-hybridized carbons (Fsp3) is 0.182. The Morgan fingerprint density at radius 1 is 1.00 bits per heavy atom. The van der Waals surface area contributed by atoms with Gasteiger partial charge in [-0.25, -0.2) is 0 Å². The lowest BCUT2D eigenvalue weighted by molar-refractivity contribution is 0.102. The van der Waals surface area contributed by atoms with Crippen LogP contribution in [-0.2, 0) is 6.42 Å². The van der Waals surface area contributed by atoms with Gasteiger partial charge in [-0.2, -0.15) is 0 Å². The van der Waals surface area contributed by atoms with Crippen molar-refractivity contribution < 1.29 is 14.3 Å². The van der Waals surface area contributed by atoms with Crippen LogP contribution in [-0.4, -0.2) is 24.1 Å². The topological polar surface area (TPSA) is 72.5 Å². The molecule has 28 heavy (non-hydrogen) atoms. The smallest absolute Gasteiger partial charge is 0.257 e. The number of nitrogens with zero attached hydrogens (tertiary/aromatic N) is 1. The SMILES string of the molecule is CCc1ccccc1NC(=O)c1cncc(Nc2ccc3c(c2)OCCO3)c1. The first kappa shape index (κ1) is 17.9. The van der Waals surface area contributed by atoms with Crippen molar-refractivity contribution in [3.63, 3.8) is 0 Å². The molecule has 0 saturated carbocycles. The molecule has 6 heteroatoms. The maximum Gasteiger partial charge on any atom is 0.257 e. The first-order valence-electron chi connectivity index (χ1n) is 9.24. The van der Waals surface area contributed by atoms with E-state index in [1.165, 1.54) is 0 Å². The zero-order chi connectivity index (χ0) is 19.3. The highest BCUT2D eigenvalue weighted by molar-refractivity contribution is 6.05. The average molecular weight is 375 g/mol. The van der Waals surface area contributed by atoms with E-state index in [1.807, 2.05) is 42.5 Å². The van der Waals surface area contributed by atoms with E-state index in [4.69, 9.17) is 9.47 Å². The van der Waals surface area contributed by atoms with Gasteiger partial charge in [0.1, 0.15) is 13.2 Å². The number of hydrogen-bond donors (Lipinski definition) is 2.